The lowest BCUT2D eigenvalue weighted by molar-refractivity contribution is -0.0590. The number of aryl methyl sites for hydroxylation is 1. The average molecular weight is 236 g/mol. The van der Waals surface area contributed by atoms with Crippen LogP contribution >= 0.6 is 0 Å². The summed E-state index contributed by atoms with van der Waals surface area (Å²) in [5.41, 5.74) is 0.771. The molecule has 1 aliphatic carbocycles. The van der Waals surface area contributed by atoms with E-state index < -0.39 is 5.60 Å². The summed E-state index contributed by atoms with van der Waals surface area (Å²) in [5, 5.41) is 10.8. The van der Waals surface area contributed by atoms with E-state index >= 15 is 0 Å². The number of benzene rings is 1. The fourth-order valence-corrected chi connectivity index (χ4v) is 3.04. The van der Waals surface area contributed by atoms with Crippen molar-refractivity contribution in [1.29, 1.82) is 0 Å². The largest absolute Gasteiger partial charge is 0.385 e. The summed E-state index contributed by atoms with van der Waals surface area (Å²) in [4.78, 5) is 0. The Morgan fingerprint density at radius 2 is 2.00 bits per heavy atom. The molecule has 0 bridgehead atoms. The zero-order chi connectivity index (χ0) is 12.6. The number of rotatable bonds is 1. The van der Waals surface area contributed by atoms with Gasteiger partial charge in [-0.15, -0.1) is 0 Å². The van der Waals surface area contributed by atoms with Crippen molar-refractivity contribution in [2.75, 3.05) is 0 Å². The van der Waals surface area contributed by atoms with Crippen molar-refractivity contribution in [1.82, 2.24) is 0 Å². The molecule has 0 aromatic heterocycles. The summed E-state index contributed by atoms with van der Waals surface area (Å²) in [7, 11) is 0. The van der Waals surface area contributed by atoms with Crippen molar-refractivity contribution in [3.05, 3.63) is 35.1 Å². The Morgan fingerprint density at radius 1 is 1.29 bits per heavy atom. The fourth-order valence-electron chi connectivity index (χ4n) is 3.04. The van der Waals surface area contributed by atoms with E-state index in [2.05, 4.69) is 13.8 Å². The highest BCUT2D eigenvalue weighted by atomic mass is 19.1. The third-order valence-corrected chi connectivity index (χ3v) is 4.13. The summed E-state index contributed by atoms with van der Waals surface area (Å²) in [5.74, 6) is 0.589. The maximum Gasteiger partial charge on any atom is 0.123 e. The first-order chi connectivity index (χ1) is 7.91. The van der Waals surface area contributed by atoms with Gasteiger partial charge in [0.05, 0.1) is 5.60 Å². The number of hydrogen-bond donors (Lipinski definition) is 1. The number of hydrogen-bond acceptors (Lipinski definition) is 1. The molecule has 1 N–H and O–H groups in total. The van der Waals surface area contributed by atoms with Crippen LogP contribution in [0.2, 0.25) is 0 Å². The monoisotopic (exact) mass is 236 g/mol. The maximum absolute atomic E-state index is 13.4. The van der Waals surface area contributed by atoms with E-state index in [0.717, 1.165) is 30.4 Å². The molecule has 0 aliphatic heterocycles. The predicted octanol–water partition coefficient (Wildman–Crippen LogP) is 3.78. The predicted molar refractivity (Wildman–Crippen MR) is 67.2 cm³/mol. The number of halogens is 1. The molecule has 1 nitrogen and oxygen atoms in total. The second-order valence-corrected chi connectivity index (χ2v) is 5.72. The number of aliphatic hydroxyl groups is 1. The fraction of sp³-hybridized carbons (Fsp3) is 0.600. The molecule has 17 heavy (non-hydrogen) atoms. The van der Waals surface area contributed by atoms with Gasteiger partial charge in [-0.2, -0.15) is 0 Å². The summed E-state index contributed by atoms with van der Waals surface area (Å²) in [6.07, 6.45) is 2.75. The van der Waals surface area contributed by atoms with Crippen LogP contribution in [0, 0.1) is 24.6 Å². The Labute approximate surface area is 103 Å². The Morgan fingerprint density at radius 3 is 2.59 bits per heavy atom. The highest BCUT2D eigenvalue weighted by Gasteiger charge is 2.39. The van der Waals surface area contributed by atoms with Crippen LogP contribution in [0.1, 0.15) is 44.2 Å². The van der Waals surface area contributed by atoms with Crippen molar-refractivity contribution in [2.24, 2.45) is 11.8 Å². The van der Waals surface area contributed by atoms with E-state index in [1.807, 2.05) is 13.0 Å². The van der Waals surface area contributed by atoms with Crippen LogP contribution in [0.15, 0.2) is 18.2 Å². The van der Waals surface area contributed by atoms with Crippen LogP contribution in [0.4, 0.5) is 4.39 Å². The minimum atomic E-state index is -0.848. The van der Waals surface area contributed by atoms with Crippen molar-refractivity contribution in [3.63, 3.8) is 0 Å². The van der Waals surface area contributed by atoms with Crippen LogP contribution in [0.5, 0.6) is 0 Å². The molecule has 3 atom stereocenters. The lowest BCUT2D eigenvalue weighted by Gasteiger charge is -2.41. The minimum absolute atomic E-state index is 0.187. The lowest BCUT2D eigenvalue weighted by Crippen LogP contribution is -2.38. The van der Waals surface area contributed by atoms with Gasteiger partial charge in [-0.3, -0.25) is 0 Å². The Hall–Kier alpha value is -0.890. The van der Waals surface area contributed by atoms with Crippen molar-refractivity contribution in [2.45, 2.75) is 45.6 Å². The van der Waals surface area contributed by atoms with Gasteiger partial charge >= 0.3 is 0 Å². The second-order valence-electron chi connectivity index (χ2n) is 5.72. The molecule has 0 radical (unpaired) electrons. The zero-order valence-corrected chi connectivity index (χ0v) is 10.8. The van der Waals surface area contributed by atoms with E-state index in [1.54, 1.807) is 0 Å². The molecule has 0 amide bonds. The van der Waals surface area contributed by atoms with E-state index in [1.165, 1.54) is 12.1 Å². The zero-order valence-electron chi connectivity index (χ0n) is 10.8. The molecule has 1 aliphatic rings. The normalized spacial score (nSPS) is 33.7. The maximum atomic E-state index is 13.4. The van der Waals surface area contributed by atoms with Crippen LogP contribution < -0.4 is 0 Å². The molecular weight excluding hydrogens is 215 g/mol. The van der Waals surface area contributed by atoms with E-state index in [-0.39, 0.29) is 11.7 Å². The molecule has 2 heteroatoms. The Balaban J connectivity index is 2.37. The van der Waals surface area contributed by atoms with Gasteiger partial charge in [-0.1, -0.05) is 19.9 Å². The molecule has 0 spiro atoms. The third kappa shape index (κ3) is 2.37. The lowest BCUT2D eigenvalue weighted by atomic mass is 9.69. The van der Waals surface area contributed by atoms with Gasteiger partial charge < -0.3 is 5.11 Å². The van der Waals surface area contributed by atoms with Gasteiger partial charge in [0.15, 0.2) is 0 Å². The molecular formula is C15H21FO. The first kappa shape index (κ1) is 12.6. The molecule has 3 unspecified atom stereocenters. The first-order valence-corrected chi connectivity index (χ1v) is 6.42. The van der Waals surface area contributed by atoms with Crippen LogP contribution in [-0.4, -0.2) is 5.11 Å². The summed E-state index contributed by atoms with van der Waals surface area (Å²) >= 11 is 0. The summed E-state index contributed by atoms with van der Waals surface area (Å²) in [6.45, 7) is 6.15. The van der Waals surface area contributed by atoms with Gasteiger partial charge in [0.25, 0.3) is 0 Å². The highest BCUT2D eigenvalue weighted by molar-refractivity contribution is 5.29. The van der Waals surface area contributed by atoms with Gasteiger partial charge in [0, 0.05) is 0 Å². The Bertz CT molecular complexity index is 395. The van der Waals surface area contributed by atoms with Crippen LogP contribution in [-0.2, 0) is 5.60 Å². The molecule has 94 valence electrons. The quantitative estimate of drug-likeness (QED) is 0.786. The Kier molecular flexibility index (Phi) is 3.26. The molecule has 1 aromatic carbocycles. The van der Waals surface area contributed by atoms with E-state index in [0.29, 0.717) is 5.92 Å². The van der Waals surface area contributed by atoms with Crippen LogP contribution in [0.25, 0.3) is 0 Å². The minimum Gasteiger partial charge on any atom is -0.385 e. The molecule has 1 aromatic rings. The van der Waals surface area contributed by atoms with Gasteiger partial charge in [-0.05, 0) is 61.3 Å². The van der Waals surface area contributed by atoms with Gasteiger partial charge in [0.1, 0.15) is 5.82 Å². The third-order valence-electron chi connectivity index (χ3n) is 4.13. The SMILES string of the molecule is Cc1cc(F)cc(C2(O)CCC(C)CC2C)c1. The molecule has 0 saturated heterocycles. The first-order valence-electron chi connectivity index (χ1n) is 6.42. The van der Waals surface area contributed by atoms with Crippen molar-refractivity contribution < 1.29 is 9.50 Å². The molecule has 1 fully saturated rings. The molecule has 0 heterocycles. The van der Waals surface area contributed by atoms with Gasteiger partial charge in [0.2, 0.25) is 0 Å². The smallest absolute Gasteiger partial charge is 0.123 e. The topological polar surface area (TPSA) is 20.2 Å². The molecule has 1 saturated carbocycles. The average Bonchev–Trinajstić information content (AvgIpc) is 2.22. The second kappa shape index (κ2) is 4.41. The van der Waals surface area contributed by atoms with E-state index in [9.17, 15) is 9.50 Å². The summed E-state index contributed by atoms with van der Waals surface area (Å²) in [6, 6.07) is 4.90. The van der Waals surface area contributed by atoms with Crippen molar-refractivity contribution in [3.8, 4) is 0 Å². The van der Waals surface area contributed by atoms with E-state index in [4.69, 9.17) is 0 Å². The van der Waals surface area contributed by atoms with Gasteiger partial charge in [-0.25, -0.2) is 4.39 Å². The standard InChI is InChI=1S/C15H21FO/c1-10-4-5-15(17,12(3)6-10)13-7-11(2)8-14(16)9-13/h7-10,12,17H,4-6H2,1-3H3. The van der Waals surface area contributed by atoms with Crippen LogP contribution in [0.3, 0.4) is 0 Å². The molecule has 2 rings (SSSR count). The summed E-state index contributed by atoms with van der Waals surface area (Å²) < 4.78 is 13.4. The highest BCUT2D eigenvalue weighted by Crippen LogP contribution is 2.43. The van der Waals surface area contributed by atoms with Crippen molar-refractivity contribution >= 4 is 0 Å².